The zero-order valence-electron chi connectivity index (χ0n) is 22.6. The largest absolute Gasteiger partial charge is 0.498 e. The van der Waals surface area contributed by atoms with Gasteiger partial charge in [-0.25, -0.2) is 9.24 Å². The van der Waals surface area contributed by atoms with Crippen LogP contribution in [0, 0.1) is 31.1 Å². The first-order chi connectivity index (χ1) is 18.7. The average Bonchev–Trinajstić information content (AvgIpc) is 3.35. The first kappa shape index (κ1) is 26.4. The Kier molecular flexibility index (Phi) is 7.11. The van der Waals surface area contributed by atoms with Gasteiger partial charge in [-0.1, -0.05) is 19.9 Å². The summed E-state index contributed by atoms with van der Waals surface area (Å²) >= 11 is 0. The summed E-state index contributed by atoms with van der Waals surface area (Å²) < 4.78 is 33.4. The molecule has 1 saturated heterocycles. The lowest BCUT2D eigenvalue weighted by Crippen LogP contribution is -2.41. The van der Waals surface area contributed by atoms with Gasteiger partial charge in [-0.05, 0) is 48.4 Å². The van der Waals surface area contributed by atoms with Gasteiger partial charge < -0.3 is 18.8 Å². The average molecular weight is 528 g/mol. The maximum absolute atomic E-state index is 15.5. The van der Waals surface area contributed by atoms with E-state index in [1.165, 1.54) is 11.0 Å². The lowest BCUT2D eigenvalue weighted by Gasteiger charge is -2.35. The third-order valence-corrected chi connectivity index (χ3v) is 7.15. The molecule has 1 fully saturated rings. The molecule has 8 heteroatoms. The van der Waals surface area contributed by atoms with Crippen molar-refractivity contribution in [2.45, 2.75) is 26.9 Å². The number of rotatable bonds is 5. The Morgan fingerprint density at radius 3 is 2.51 bits per heavy atom. The number of carbonyl (C=O) groups excluding carboxylic acids is 1. The van der Waals surface area contributed by atoms with Gasteiger partial charge in [0.05, 0.1) is 19.8 Å². The number of halogens is 1. The Balaban J connectivity index is 1.53. The molecule has 0 spiro atoms. The Labute approximate surface area is 227 Å². The SMILES string of the molecule is [C-]#[N+]c1cc(-c2ccnc3cc(-c4ccc(C(=O)N(C)C)cc4C)oc23)cc(F)c1OC1C(C)COCC1C. The van der Waals surface area contributed by atoms with Crippen molar-refractivity contribution in [1.29, 1.82) is 0 Å². The van der Waals surface area contributed by atoms with Gasteiger partial charge >= 0.3 is 0 Å². The highest BCUT2D eigenvalue weighted by molar-refractivity contribution is 5.96. The highest BCUT2D eigenvalue weighted by atomic mass is 19.1. The Hall–Kier alpha value is -4.22. The summed E-state index contributed by atoms with van der Waals surface area (Å²) in [6.45, 7) is 14.7. The second kappa shape index (κ2) is 10.5. The molecule has 2 atom stereocenters. The predicted molar refractivity (Wildman–Crippen MR) is 147 cm³/mol. The molecule has 0 saturated carbocycles. The minimum Gasteiger partial charge on any atom is -0.498 e. The fourth-order valence-electron chi connectivity index (χ4n) is 5.12. The third kappa shape index (κ3) is 4.98. The van der Waals surface area contributed by atoms with Crippen LogP contribution in [-0.2, 0) is 4.74 Å². The van der Waals surface area contributed by atoms with Crippen molar-refractivity contribution in [3.05, 3.63) is 77.0 Å². The summed E-state index contributed by atoms with van der Waals surface area (Å²) in [5, 5.41) is 0. The molecule has 39 heavy (non-hydrogen) atoms. The van der Waals surface area contributed by atoms with Gasteiger partial charge in [0.2, 0.25) is 5.69 Å². The van der Waals surface area contributed by atoms with Crippen LogP contribution in [0.4, 0.5) is 10.1 Å². The zero-order valence-corrected chi connectivity index (χ0v) is 22.6. The van der Waals surface area contributed by atoms with E-state index in [0.29, 0.717) is 46.8 Å². The van der Waals surface area contributed by atoms with Gasteiger partial charge in [-0.15, -0.1) is 0 Å². The van der Waals surface area contributed by atoms with E-state index >= 15 is 4.39 Å². The Bertz CT molecular complexity index is 1590. The topological polar surface area (TPSA) is 69.2 Å². The summed E-state index contributed by atoms with van der Waals surface area (Å²) in [6.07, 6.45) is 1.39. The number of hydrogen-bond donors (Lipinski definition) is 0. The molecule has 5 rings (SSSR count). The van der Waals surface area contributed by atoms with Crippen molar-refractivity contribution in [3.8, 4) is 28.2 Å². The Morgan fingerprint density at radius 1 is 1.10 bits per heavy atom. The quantitative estimate of drug-likeness (QED) is 0.264. The second-order valence-corrected chi connectivity index (χ2v) is 10.4. The maximum atomic E-state index is 15.5. The van der Waals surface area contributed by atoms with Crippen molar-refractivity contribution in [1.82, 2.24) is 9.88 Å². The van der Waals surface area contributed by atoms with Gasteiger partial charge in [0.1, 0.15) is 17.4 Å². The molecule has 200 valence electrons. The molecule has 1 aliphatic rings. The van der Waals surface area contributed by atoms with Crippen LogP contribution in [0.25, 0.3) is 38.4 Å². The molecular formula is C31H30FN3O4. The molecule has 2 unspecified atom stereocenters. The molecule has 0 aliphatic carbocycles. The molecule has 1 aliphatic heterocycles. The third-order valence-electron chi connectivity index (χ3n) is 7.15. The van der Waals surface area contributed by atoms with Crippen LogP contribution < -0.4 is 4.74 Å². The summed E-state index contributed by atoms with van der Waals surface area (Å²) in [7, 11) is 3.43. The summed E-state index contributed by atoms with van der Waals surface area (Å²) in [5.41, 5.74) is 4.59. The summed E-state index contributed by atoms with van der Waals surface area (Å²) in [4.78, 5) is 21.9. The van der Waals surface area contributed by atoms with Crippen LogP contribution in [-0.4, -0.2) is 49.2 Å². The summed E-state index contributed by atoms with van der Waals surface area (Å²) in [5.74, 6) is 0.0205. The van der Waals surface area contributed by atoms with Gasteiger partial charge in [-0.2, -0.15) is 0 Å². The van der Waals surface area contributed by atoms with E-state index in [1.54, 1.807) is 38.5 Å². The molecule has 0 bridgehead atoms. The van der Waals surface area contributed by atoms with E-state index in [1.807, 2.05) is 39.0 Å². The molecule has 4 aromatic rings. The zero-order chi connectivity index (χ0) is 27.8. The lowest BCUT2D eigenvalue weighted by molar-refractivity contribution is -0.0558. The van der Waals surface area contributed by atoms with E-state index in [0.717, 1.165) is 11.1 Å². The van der Waals surface area contributed by atoms with Crippen molar-refractivity contribution < 1.29 is 23.1 Å². The van der Waals surface area contributed by atoms with E-state index in [9.17, 15) is 4.79 Å². The van der Waals surface area contributed by atoms with Gasteiger partial charge in [0.25, 0.3) is 5.91 Å². The number of carbonyl (C=O) groups is 1. The second-order valence-electron chi connectivity index (χ2n) is 10.4. The van der Waals surface area contributed by atoms with Crippen molar-refractivity contribution in [3.63, 3.8) is 0 Å². The number of furan rings is 1. The van der Waals surface area contributed by atoms with E-state index in [-0.39, 0.29) is 35.3 Å². The molecule has 0 radical (unpaired) electrons. The van der Waals surface area contributed by atoms with Gasteiger partial charge in [0, 0.05) is 54.9 Å². The standard InChI is InChI=1S/C31H30FN3O4/c1-17-11-20(31(36)35(5)6)7-8-22(17)27-14-26-29(38-27)23(9-10-34-26)21-12-24(32)30(25(13-21)33-4)39-28-18(2)15-37-16-19(28)3/h7-14,18-19,28H,15-16H2,1-3,5-6H3. The molecule has 2 aromatic heterocycles. The van der Waals surface area contributed by atoms with Crippen LogP contribution in [0.5, 0.6) is 5.75 Å². The number of ether oxygens (including phenoxy) is 2. The smallest absolute Gasteiger partial charge is 0.253 e. The highest BCUT2D eigenvalue weighted by Crippen LogP contribution is 2.41. The fourth-order valence-corrected chi connectivity index (χ4v) is 5.12. The van der Waals surface area contributed by atoms with Crippen molar-refractivity contribution in [2.75, 3.05) is 27.3 Å². The first-order valence-electron chi connectivity index (χ1n) is 12.8. The van der Waals surface area contributed by atoms with E-state index in [4.69, 9.17) is 20.5 Å². The minimum atomic E-state index is -0.599. The van der Waals surface area contributed by atoms with E-state index < -0.39 is 5.82 Å². The normalized spacial score (nSPS) is 19.1. The monoisotopic (exact) mass is 527 g/mol. The van der Waals surface area contributed by atoms with Gasteiger partial charge in [0.15, 0.2) is 17.1 Å². The Morgan fingerprint density at radius 2 is 1.85 bits per heavy atom. The van der Waals surface area contributed by atoms with Crippen LogP contribution in [0.3, 0.4) is 0 Å². The first-order valence-corrected chi connectivity index (χ1v) is 12.8. The summed E-state index contributed by atoms with van der Waals surface area (Å²) in [6, 6.07) is 12.0. The van der Waals surface area contributed by atoms with Crippen LogP contribution in [0.15, 0.2) is 53.1 Å². The van der Waals surface area contributed by atoms with Crippen LogP contribution >= 0.6 is 0 Å². The number of nitrogens with zero attached hydrogens (tertiary/aromatic N) is 3. The number of fused-ring (bicyclic) bond motifs is 1. The minimum absolute atomic E-state index is 0.0345. The molecule has 0 N–H and O–H groups in total. The van der Waals surface area contributed by atoms with Crippen molar-refractivity contribution >= 4 is 22.7 Å². The lowest BCUT2D eigenvalue weighted by atomic mass is 9.92. The highest BCUT2D eigenvalue weighted by Gasteiger charge is 2.32. The number of pyridine rings is 1. The molecular weight excluding hydrogens is 497 g/mol. The number of aryl methyl sites for hydroxylation is 1. The van der Waals surface area contributed by atoms with E-state index in [2.05, 4.69) is 9.83 Å². The van der Waals surface area contributed by atoms with Crippen LogP contribution in [0.2, 0.25) is 0 Å². The fraction of sp³-hybridized carbons (Fsp3) is 0.323. The molecule has 1 amide bonds. The van der Waals surface area contributed by atoms with Gasteiger partial charge in [-0.3, -0.25) is 9.78 Å². The van der Waals surface area contributed by atoms with Crippen LogP contribution in [0.1, 0.15) is 29.8 Å². The maximum Gasteiger partial charge on any atom is 0.253 e. The number of benzene rings is 2. The number of amides is 1. The predicted octanol–water partition coefficient (Wildman–Crippen LogP) is 6.91. The van der Waals surface area contributed by atoms with Crippen molar-refractivity contribution in [2.24, 2.45) is 11.8 Å². The molecule has 7 nitrogen and oxygen atoms in total. The molecule has 3 heterocycles. The number of aromatic nitrogens is 1. The molecule has 2 aromatic carbocycles. The number of hydrogen-bond acceptors (Lipinski definition) is 5.